The van der Waals surface area contributed by atoms with Crippen molar-refractivity contribution in [3.05, 3.63) is 59.7 Å². The Labute approximate surface area is 206 Å². The zero-order valence-electron chi connectivity index (χ0n) is 20.1. The summed E-state index contributed by atoms with van der Waals surface area (Å²) < 4.78 is 5.52. The minimum atomic E-state index is -0.812. The van der Waals surface area contributed by atoms with Crippen molar-refractivity contribution >= 4 is 18.0 Å². The number of hydrogen-bond donors (Lipinski definition) is 3. The number of benzene rings is 2. The molecule has 2 aromatic rings. The summed E-state index contributed by atoms with van der Waals surface area (Å²) in [5, 5.41) is 14.9. The second-order valence-corrected chi connectivity index (χ2v) is 9.76. The normalized spacial score (nSPS) is 16.1. The molecule has 2 aromatic carbocycles. The summed E-state index contributed by atoms with van der Waals surface area (Å²) in [7, 11) is 0. The molecule has 4 rings (SSSR count). The van der Waals surface area contributed by atoms with Crippen LogP contribution in [0.25, 0.3) is 11.1 Å². The quantitative estimate of drug-likeness (QED) is 0.424. The first-order valence-electron chi connectivity index (χ1n) is 12.5. The molecule has 0 unspecified atom stereocenters. The van der Waals surface area contributed by atoms with E-state index in [1.807, 2.05) is 24.3 Å². The summed E-state index contributed by atoms with van der Waals surface area (Å²) in [5.41, 5.74) is 4.36. The number of aliphatic carboxylic acids is 1. The van der Waals surface area contributed by atoms with Gasteiger partial charge in [-0.3, -0.25) is 9.59 Å². The van der Waals surface area contributed by atoms with E-state index in [1.54, 1.807) is 0 Å². The van der Waals surface area contributed by atoms with Gasteiger partial charge in [0.25, 0.3) is 0 Å². The van der Waals surface area contributed by atoms with Gasteiger partial charge in [-0.05, 0) is 46.9 Å². The van der Waals surface area contributed by atoms with Gasteiger partial charge in [0, 0.05) is 25.4 Å². The summed E-state index contributed by atoms with van der Waals surface area (Å²) in [6.45, 7) is 0.994. The van der Waals surface area contributed by atoms with Gasteiger partial charge in [0.1, 0.15) is 6.61 Å². The smallest absolute Gasteiger partial charge is 0.407 e. The maximum atomic E-state index is 12.3. The third-order valence-electron chi connectivity index (χ3n) is 7.29. The van der Waals surface area contributed by atoms with Gasteiger partial charge in [-0.2, -0.15) is 0 Å². The molecule has 2 amide bonds. The van der Waals surface area contributed by atoms with Crippen molar-refractivity contribution in [3.63, 3.8) is 0 Å². The average Bonchev–Trinajstić information content (AvgIpc) is 3.18. The van der Waals surface area contributed by atoms with Crippen molar-refractivity contribution < 1.29 is 24.2 Å². The van der Waals surface area contributed by atoms with Gasteiger partial charge in [0.05, 0.1) is 6.42 Å². The Morgan fingerprint density at radius 2 is 1.54 bits per heavy atom. The molecule has 3 N–H and O–H groups in total. The van der Waals surface area contributed by atoms with Crippen LogP contribution in [0.15, 0.2) is 48.5 Å². The molecule has 0 radical (unpaired) electrons. The fourth-order valence-electron chi connectivity index (χ4n) is 5.50. The minimum absolute atomic E-state index is 0.0110. The number of carbonyl (C=O) groups excluding carboxylic acids is 2. The second kappa shape index (κ2) is 11.4. The van der Waals surface area contributed by atoms with Gasteiger partial charge < -0.3 is 20.5 Å². The number of fused-ring (bicyclic) bond motifs is 3. The predicted octanol–water partition coefficient (Wildman–Crippen LogP) is 4.85. The van der Waals surface area contributed by atoms with Crippen LogP contribution in [0.4, 0.5) is 4.79 Å². The van der Waals surface area contributed by atoms with Crippen LogP contribution < -0.4 is 10.6 Å². The molecule has 0 atom stereocenters. The highest BCUT2D eigenvalue weighted by Gasteiger charge is 2.34. The number of carboxylic acids is 1. The number of ether oxygens (including phenoxy) is 1. The number of hydrogen-bond acceptors (Lipinski definition) is 4. The molecular weight excluding hydrogens is 444 g/mol. The highest BCUT2D eigenvalue weighted by Crippen LogP contribution is 2.44. The lowest BCUT2D eigenvalue weighted by Crippen LogP contribution is -2.40. The van der Waals surface area contributed by atoms with E-state index in [0.717, 1.165) is 43.2 Å². The van der Waals surface area contributed by atoms with Crippen LogP contribution in [0.5, 0.6) is 0 Å². The SMILES string of the molecule is O=C(O)CC1(CNC(=O)CCCNC(=O)OCC2c3ccccc3-c3ccccc32)CCCCC1. The molecule has 0 heterocycles. The Bertz CT molecular complexity index is 1020. The van der Waals surface area contributed by atoms with Crippen LogP contribution in [0, 0.1) is 5.41 Å². The molecule has 1 saturated carbocycles. The van der Waals surface area contributed by atoms with Crippen LogP contribution in [0.2, 0.25) is 0 Å². The fourth-order valence-corrected chi connectivity index (χ4v) is 5.50. The van der Waals surface area contributed by atoms with Crippen LogP contribution in [-0.4, -0.2) is 42.8 Å². The first kappa shape index (κ1) is 24.8. The van der Waals surface area contributed by atoms with Gasteiger partial charge in [-0.15, -0.1) is 0 Å². The zero-order valence-corrected chi connectivity index (χ0v) is 20.1. The molecule has 0 saturated heterocycles. The van der Waals surface area contributed by atoms with Crippen molar-refractivity contribution in [1.29, 1.82) is 0 Å². The molecule has 0 aliphatic heterocycles. The van der Waals surface area contributed by atoms with E-state index in [1.165, 1.54) is 11.1 Å². The Kier molecular flexibility index (Phi) is 8.06. The van der Waals surface area contributed by atoms with E-state index in [2.05, 4.69) is 34.9 Å². The maximum absolute atomic E-state index is 12.3. The Morgan fingerprint density at radius 1 is 0.914 bits per heavy atom. The van der Waals surface area contributed by atoms with Crippen LogP contribution >= 0.6 is 0 Å². The molecule has 1 fully saturated rings. The second-order valence-electron chi connectivity index (χ2n) is 9.76. The molecule has 2 aliphatic rings. The maximum Gasteiger partial charge on any atom is 0.407 e. The molecule has 0 aromatic heterocycles. The standard InChI is InChI=1S/C28H34N2O5/c31-25(30-19-28(17-26(32)33)14-6-1-7-15-28)13-8-16-29-27(34)35-18-24-22-11-4-2-9-20(22)21-10-3-5-12-23(21)24/h2-5,9-12,24H,1,6-8,13-19H2,(H,29,34)(H,30,31)(H,32,33). The molecular formula is C28H34N2O5. The lowest BCUT2D eigenvalue weighted by atomic mass is 9.71. The topological polar surface area (TPSA) is 105 Å². The Balaban J connectivity index is 1.17. The van der Waals surface area contributed by atoms with Gasteiger partial charge in [-0.1, -0.05) is 67.8 Å². The zero-order chi connectivity index (χ0) is 24.7. The third kappa shape index (κ3) is 6.21. The molecule has 7 heteroatoms. The number of rotatable bonds is 10. The van der Waals surface area contributed by atoms with Crippen molar-refractivity contribution in [2.24, 2.45) is 5.41 Å². The molecule has 0 spiro atoms. The van der Waals surface area contributed by atoms with Crippen LogP contribution in [-0.2, 0) is 14.3 Å². The average molecular weight is 479 g/mol. The van der Waals surface area contributed by atoms with Crippen molar-refractivity contribution in [3.8, 4) is 11.1 Å². The Hall–Kier alpha value is -3.35. The van der Waals surface area contributed by atoms with Gasteiger partial charge in [0.2, 0.25) is 5.91 Å². The number of nitrogens with one attached hydrogen (secondary N) is 2. The van der Waals surface area contributed by atoms with Crippen molar-refractivity contribution in [1.82, 2.24) is 10.6 Å². The van der Waals surface area contributed by atoms with E-state index in [4.69, 9.17) is 4.74 Å². The molecule has 186 valence electrons. The highest BCUT2D eigenvalue weighted by molar-refractivity contribution is 5.79. The Morgan fingerprint density at radius 3 is 2.17 bits per heavy atom. The lowest BCUT2D eigenvalue weighted by molar-refractivity contribution is -0.140. The van der Waals surface area contributed by atoms with Crippen LogP contribution in [0.3, 0.4) is 0 Å². The first-order chi connectivity index (χ1) is 17.0. The van der Waals surface area contributed by atoms with E-state index in [0.29, 0.717) is 19.5 Å². The summed E-state index contributed by atoms with van der Waals surface area (Å²) in [6, 6.07) is 16.4. The molecule has 7 nitrogen and oxygen atoms in total. The summed E-state index contributed by atoms with van der Waals surface area (Å²) in [6.07, 6.45) is 5.17. The van der Waals surface area contributed by atoms with E-state index >= 15 is 0 Å². The summed E-state index contributed by atoms with van der Waals surface area (Å²) in [4.78, 5) is 35.8. The van der Waals surface area contributed by atoms with E-state index < -0.39 is 12.1 Å². The predicted molar refractivity (Wildman–Crippen MR) is 133 cm³/mol. The number of amides is 2. The molecule has 2 aliphatic carbocycles. The summed E-state index contributed by atoms with van der Waals surface area (Å²) >= 11 is 0. The fraction of sp³-hybridized carbons (Fsp3) is 0.464. The van der Waals surface area contributed by atoms with Gasteiger partial charge in [-0.25, -0.2) is 4.79 Å². The number of alkyl carbamates (subject to hydrolysis) is 1. The highest BCUT2D eigenvalue weighted by atomic mass is 16.5. The van der Waals surface area contributed by atoms with Gasteiger partial charge >= 0.3 is 12.1 Å². The molecule has 0 bridgehead atoms. The van der Waals surface area contributed by atoms with Crippen molar-refractivity contribution in [2.45, 2.75) is 57.3 Å². The first-order valence-corrected chi connectivity index (χ1v) is 12.5. The van der Waals surface area contributed by atoms with Crippen molar-refractivity contribution in [2.75, 3.05) is 19.7 Å². The third-order valence-corrected chi connectivity index (χ3v) is 7.29. The van der Waals surface area contributed by atoms with E-state index in [-0.39, 0.29) is 36.7 Å². The van der Waals surface area contributed by atoms with Crippen LogP contribution in [0.1, 0.15) is 68.4 Å². The monoisotopic (exact) mass is 478 g/mol. The molecule has 35 heavy (non-hydrogen) atoms. The van der Waals surface area contributed by atoms with Gasteiger partial charge in [0.15, 0.2) is 0 Å². The lowest BCUT2D eigenvalue weighted by Gasteiger charge is -2.36. The largest absolute Gasteiger partial charge is 0.481 e. The van der Waals surface area contributed by atoms with E-state index in [9.17, 15) is 19.5 Å². The number of carboxylic acid groups (broad SMARTS) is 1. The number of carbonyl (C=O) groups is 3. The summed E-state index contributed by atoms with van der Waals surface area (Å²) in [5.74, 6) is -0.917. The minimum Gasteiger partial charge on any atom is -0.481 e.